The van der Waals surface area contributed by atoms with Gasteiger partial charge in [0.05, 0.1) is 10.7 Å². The van der Waals surface area contributed by atoms with Crippen molar-refractivity contribution in [2.75, 3.05) is 11.9 Å². The Balaban J connectivity index is 2.87. The minimum absolute atomic E-state index is 0.00870. The molecular formula is C9H12ClFN2. The normalized spacial score (nSPS) is 12.6. The lowest BCUT2D eigenvalue weighted by Crippen LogP contribution is -2.25. The number of rotatable bonds is 3. The van der Waals surface area contributed by atoms with Crippen molar-refractivity contribution in [2.45, 2.75) is 13.0 Å². The van der Waals surface area contributed by atoms with Crippen LogP contribution in [0.25, 0.3) is 0 Å². The average Bonchev–Trinajstić information content (AvgIpc) is 2.11. The van der Waals surface area contributed by atoms with Crippen LogP contribution in [-0.4, -0.2) is 12.6 Å². The van der Waals surface area contributed by atoms with Crippen molar-refractivity contribution in [3.8, 4) is 0 Å². The molecule has 0 radical (unpaired) electrons. The molecule has 0 bridgehead atoms. The van der Waals surface area contributed by atoms with E-state index in [-0.39, 0.29) is 11.9 Å². The van der Waals surface area contributed by atoms with Crippen LogP contribution in [0.5, 0.6) is 0 Å². The number of nitrogens with two attached hydrogens (primary N) is 1. The standard InChI is InChI=1S/C9H12ClFN2/c1-6(5-12)13-9-7(10)3-2-4-8(9)11/h2-4,6,13H,5,12H2,1H3. The van der Waals surface area contributed by atoms with Crippen LogP contribution in [0.2, 0.25) is 5.02 Å². The van der Waals surface area contributed by atoms with E-state index in [1.807, 2.05) is 6.92 Å². The van der Waals surface area contributed by atoms with E-state index in [4.69, 9.17) is 17.3 Å². The molecule has 0 amide bonds. The fraction of sp³-hybridized carbons (Fsp3) is 0.333. The molecule has 3 N–H and O–H groups in total. The van der Waals surface area contributed by atoms with Gasteiger partial charge in [0, 0.05) is 12.6 Å². The lowest BCUT2D eigenvalue weighted by atomic mass is 10.2. The van der Waals surface area contributed by atoms with Gasteiger partial charge in [-0.25, -0.2) is 4.39 Å². The van der Waals surface area contributed by atoms with Crippen LogP contribution >= 0.6 is 11.6 Å². The second-order valence-corrected chi connectivity index (χ2v) is 3.28. The zero-order valence-corrected chi connectivity index (χ0v) is 8.11. The van der Waals surface area contributed by atoms with Crippen molar-refractivity contribution in [3.05, 3.63) is 29.0 Å². The Morgan fingerprint density at radius 1 is 1.62 bits per heavy atom. The Hall–Kier alpha value is -0.800. The summed E-state index contributed by atoms with van der Waals surface area (Å²) in [6.07, 6.45) is 0. The topological polar surface area (TPSA) is 38.0 Å². The summed E-state index contributed by atoms with van der Waals surface area (Å²) in [6, 6.07) is 4.57. The maximum atomic E-state index is 13.2. The van der Waals surface area contributed by atoms with Gasteiger partial charge in [-0.3, -0.25) is 0 Å². The molecule has 72 valence electrons. The van der Waals surface area contributed by atoms with Gasteiger partial charge in [0.1, 0.15) is 5.82 Å². The van der Waals surface area contributed by atoms with E-state index in [1.54, 1.807) is 12.1 Å². The smallest absolute Gasteiger partial charge is 0.147 e. The number of anilines is 1. The molecule has 1 rings (SSSR count). The zero-order chi connectivity index (χ0) is 9.84. The SMILES string of the molecule is CC(CN)Nc1c(F)cccc1Cl. The summed E-state index contributed by atoms with van der Waals surface area (Å²) in [5.41, 5.74) is 5.71. The Bertz CT molecular complexity index is 271. The molecule has 0 saturated heterocycles. The molecule has 1 unspecified atom stereocenters. The molecule has 0 spiro atoms. The molecule has 0 saturated carbocycles. The Kier molecular flexibility index (Phi) is 3.51. The summed E-state index contributed by atoms with van der Waals surface area (Å²) in [6.45, 7) is 2.30. The number of hydrogen-bond donors (Lipinski definition) is 2. The van der Waals surface area contributed by atoms with E-state index in [0.29, 0.717) is 17.3 Å². The number of benzene rings is 1. The monoisotopic (exact) mass is 202 g/mol. The van der Waals surface area contributed by atoms with E-state index in [2.05, 4.69) is 5.32 Å². The lowest BCUT2D eigenvalue weighted by molar-refractivity contribution is 0.626. The molecule has 13 heavy (non-hydrogen) atoms. The van der Waals surface area contributed by atoms with Crippen LogP contribution in [-0.2, 0) is 0 Å². The molecule has 1 aromatic rings. The van der Waals surface area contributed by atoms with Crippen LogP contribution < -0.4 is 11.1 Å². The van der Waals surface area contributed by atoms with Crippen LogP contribution in [0.3, 0.4) is 0 Å². The highest BCUT2D eigenvalue weighted by atomic mass is 35.5. The minimum atomic E-state index is -0.354. The first-order valence-corrected chi connectivity index (χ1v) is 4.43. The Morgan fingerprint density at radius 2 is 2.31 bits per heavy atom. The quantitative estimate of drug-likeness (QED) is 0.789. The van der Waals surface area contributed by atoms with Crippen molar-refractivity contribution in [2.24, 2.45) is 5.73 Å². The second kappa shape index (κ2) is 4.44. The summed E-state index contributed by atoms with van der Waals surface area (Å²) in [7, 11) is 0. The maximum Gasteiger partial charge on any atom is 0.147 e. The second-order valence-electron chi connectivity index (χ2n) is 2.88. The highest BCUT2D eigenvalue weighted by Gasteiger charge is 2.08. The Morgan fingerprint density at radius 3 is 2.85 bits per heavy atom. The van der Waals surface area contributed by atoms with Gasteiger partial charge >= 0.3 is 0 Å². The molecule has 0 aromatic heterocycles. The highest BCUT2D eigenvalue weighted by Crippen LogP contribution is 2.24. The average molecular weight is 203 g/mol. The lowest BCUT2D eigenvalue weighted by Gasteiger charge is -2.14. The molecule has 1 aromatic carbocycles. The van der Waals surface area contributed by atoms with Gasteiger partial charge in [-0.05, 0) is 19.1 Å². The molecule has 2 nitrogen and oxygen atoms in total. The number of nitrogens with one attached hydrogen (secondary N) is 1. The summed E-state index contributed by atoms with van der Waals surface area (Å²) in [5, 5.41) is 3.27. The first-order valence-electron chi connectivity index (χ1n) is 4.05. The van der Waals surface area contributed by atoms with Gasteiger partial charge < -0.3 is 11.1 Å². The van der Waals surface area contributed by atoms with E-state index < -0.39 is 0 Å². The van der Waals surface area contributed by atoms with Crippen molar-refractivity contribution in [1.82, 2.24) is 0 Å². The van der Waals surface area contributed by atoms with Crippen molar-refractivity contribution >= 4 is 17.3 Å². The molecule has 4 heteroatoms. The predicted octanol–water partition coefficient (Wildman–Crippen LogP) is 2.24. The van der Waals surface area contributed by atoms with E-state index >= 15 is 0 Å². The first-order chi connectivity index (χ1) is 6.15. The zero-order valence-electron chi connectivity index (χ0n) is 7.35. The van der Waals surface area contributed by atoms with Gasteiger partial charge in [0.2, 0.25) is 0 Å². The number of para-hydroxylation sites is 1. The molecule has 0 aliphatic rings. The number of hydrogen-bond acceptors (Lipinski definition) is 2. The van der Waals surface area contributed by atoms with Crippen LogP contribution in [0, 0.1) is 5.82 Å². The predicted molar refractivity (Wildman–Crippen MR) is 53.5 cm³/mol. The van der Waals surface area contributed by atoms with Crippen molar-refractivity contribution in [1.29, 1.82) is 0 Å². The maximum absolute atomic E-state index is 13.2. The van der Waals surface area contributed by atoms with Gasteiger partial charge in [-0.1, -0.05) is 17.7 Å². The summed E-state index contributed by atoms with van der Waals surface area (Å²) >= 11 is 5.79. The number of halogens is 2. The van der Waals surface area contributed by atoms with Gasteiger partial charge in [-0.15, -0.1) is 0 Å². The largest absolute Gasteiger partial charge is 0.378 e. The van der Waals surface area contributed by atoms with Crippen LogP contribution in [0.15, 0.2) is 18.2 Å². The molecule has 0 fully saturated rings. The van der Waals surface area contributed by atoms with Crippen LogP contribution in [0.4, 0.5) is 10.1 Å². The third-order valence-electron chi connectivity index (χ3n) is 1.71. The fourth-order valence-electron chi connectivity index (χ4n) is 0.941. The third-order valence-corrected chi connectivity index (χ3v) is 2.02. The van der Waals surface area contributed by atoms with Gasteiger partial charge in [0.15, 0.2) is 0 Å². The molecule has 1 atom stereocenters. The molecule has 0 heterocycles. The van der Waals surface area contributed by atoms with Gasteiger partial charge in [0.25, 0.3) is 0 Å². The van der Waals surface area contributed by atoms with E-state index in [0.717, 1.165) is 0 Å². The molecular weight excluding hydrogens is 191 g/mol. The van der Waals surface area contributed by atoms with Crippen molar-refractivity contribution in [3.63, 3.8) is 0 Å². The fourth-order valence-corrected chi connectivity index (χ4v) is 1.16. The van der Waals surface area contributed by atoms with E-state index in [9.17, 15) is 4.39 Å². The highest BCUT2D eigenvalue weighted by molar-refractivity contribution is 6.33. The molecule has 0 aliphatic heterocycles. The van der Waals surface area contributed by atoms with Crippen molar-refractivity contribution < 1.29 is 4.39 Å². The summed E-state index contributed by atoms with van der Waals surface area (Å²) in [4.78, 5) is 0. The van der Waals surface area contributed by atoms with Gasteiger partial charge in [-0.2, -0.15) is 0 Å². The Labute approximate surface area is 81.9 Å². The third kappa shape index (κ3) is 2.57. The van der Waals surface area contributed by atoms with Crippen LogP contribution in [0.1, 0.15) is 6.92 Å². The first kappa shape index (κ1) is 10.3. The summed E-state index contributed by atoms with van der Waals surface area (Å²) in [5.74, 6) is -0.354. The van der Waals surface area contributed by atoms with E-state index in [1.165, 1.54) is 6.07 Å². The molecule has 0 aliphatic carbocycles. The minimum Gasteiger partial charge on any atom is -0.378 e. The summed E-state index contributed by atoms with van der Waals surface area (Å²) < 4.78 is 13.2.